The number of aliphatic carboxylic acids is 1. The van der Waals surface area contributed by atoms with Crippen LogP contribution < -0.4 is 0 Å². The van der Waals surface area contributed by atoms with Crippen LogP contribution in [0.2, 0.25) is 0 Å². The Morgan fingerprint density at radius 2 is 2.20 bits per heavy atom. The summed E-state index contributed by atoms with van der Waals surface area (Å²) in [6.45, 7) is 0. The molecule has 0 amide bonds. The molecule has 82 valence electrons. The standard InChI is InChI=1S/C11H15NO2S/c13-11(14)6-10-12-9(7-15-10)8-4-2-1-3-5-8/h7-8H,1-6H2,(H,13,14). The number of carboxylic acid groups (broad SMARTS) is 1. The molecule has 0 aliphatic heterocycles. The van der Waals surface area contributed by atoms with Crippen LogP contribution in [-0.4, -0.2) is 16.1 Å². The van der Waals surface area contributed by atoms with Crippen molar-refractivity contribution in [2.24, 2.45) is 0 Å². The van der Waals surface area contributed by atoms with Crippen LogP contribution in [0, 0.1) is 0 Å². The van der Waals surface area contributed by atoms with Gasteiger partial charge in [0.25, 0.3) is 0 Å². The van der Waals surface area contributed by atoms with Crippen molar-refractivity contribution in [3.8, 4) is 0 Å². The van der Waals surface area contributed by atoms with Gasteiger partial charge in [0.15, 0.2) is 0 Å². The fourth-order valence-electron chi connectivity index (χ4n) is 2.12. The van der Waals surface area contributed by atoms with Crippen molar-refractivity contribution < 1.29 is 9.90 Å². The Balaban J connectivity index is 2.02. The molecule has 0 radical (unpaired) electrons. The Hall–Kier alpha value is -0.900. The van der Waals surface area contributed by atoms with Crippen molar-refractivity contribution in [1.82, 2.24) is 4.98 Å². The lowest BCUT2D eigenvalue weighted by atomic mass is 9.87. The fraction of sp³-hybridized carbons (Fsp3) is 0.636. The Kier molecular flexibility index (Phi) is 3.36. The van der Waals surface area contributed by atoms with Crippen LogP contribution >= 0.6 is 11.3 Å². The minimum absolute atomic E-state index is 0.0669. The maximum absolute atomic E-state index is 10.5. The predicted octanol–water partition coefficient (Wildman–Crippen LogP) is 2.82. The Bertz CT molecular complexity index is 342. The first-order valence-electron chi connectivity index (χ1n) is 5.42. The summed E-state index contributed by atoms with van der Waals surface area (Å²) in [6, 6.07) is 0. The van der Waals surface area contributed by atoms with Crippen molar-refractivity contribution in [2.75, 3.05) is 0 Å². The quantitative estimate of drug-likeness (QED) is 0.860. The van der Waals surface area contributed by atoms with Crippen LogP contribution in [0.3, 0.4) is 0 Å². The molecule has 2 rings (SSSR count). The molecule has 0 saturated heterocycles. The third kappa shape index (κ3) is 2.78. The van der Waals surface area contributed by atoms with Crippen molar-refractivity contribution in [1.29, 1.82) is 0 Å². The summed E-state index contributed by atoms with van der Waals surface area (Å²) in [5.74, 6) is -0.211. The minimum Gasteiger partial charge on any atom is -0.481 e. The molecule has 4 heteroatoms. The summed E-state index contributed by atoms with van der Waals surface area (Å²) in [5.41, 5.74) is 1.12. The first kappa shape index (κ1) is 10.6. The molecule has 1 aromatic rings. The molecule has 0 spiro atoms. The van der Waals surface area contributed by atoms with Crippen molar-refractivity contribution in [3.63, 3.8) is 0 Å². The number of aromatic nitrogens is 1. The zero-order valence-electron chi connectivity index (χ0n) is 8.61. The second-order valence-corrected chi connectivity index (χ2v) is 5.01. The van der Waals surface area contributed by atoms with Crippen LogP contribution in [0.1, 0.15) is 48.7 Å². The molecule has 0 aromatic carbocycles. The number of rotatable bonds is 3. The van der Waals surface area contributed by atoms with Gasteiger partial charge < -0.3 is 5.11 Å². The zero-order chi connectivity index (χ0) is 10.7. The van der Waals surface area contributed by atoms with Crippen molar-refractivity contribution in [3.05, 3.63) is 16.1 Å². The first-order chi connectivity index (χ1) is 7.25. The minimum atomic E-state index is -0.792. The van der Waals surface area contributed by atoms with E-state index in [1.807, 2.05) is 5.38 Å². The predicted molar refractivity (Wildman–Crippen MR) is 59.3 cm³/mol. The van der Waals surface area contributed by atoms with E-state index < -0.39 is 5.97 Å². The molecule has 1 aromatic heterocycles. The number of hydrogen-bond acceptors (Lipinski definition) is 3. The van der Waals surface area contributed by atoms with Crippen LogP contribution in [0.4, 0.5) is 0 Å². The summed E-state index contributed by atoms with van der Waals surface area (Å²) < 4.78 is 0. The third-order valence-electron chi connectivity index (χ3n) is 2.90. The van der Waals surface area contributed by atoms with E-state index in [-0.39, 0.29) is 6.42 Å². The Morgan fingerprint density at radius 1 is 1.47 bits per heavy atom. The number of carboxylic acids is 1. The van der Waals surface area contributed by atoms with Gasteiger partial charge in [-0.25, -0.2) is 4.98 Å². The highest BCUT2D eigenvalue weighted by molar-refractivity contribution is 7.09. The zero-order valence-corrected chi connectivity index (χ0v) is 9.42. The molecule has 1 saturated carbocycles. The van der Waals surface area contributed by atoms with Crippen LogP contribution in [0.15, 0.2) is 5.38 Å². The highest BCUT2D eigenvalue weighted by atomic mass is 32.1. The van der Waals surface area contributed by atoms with Crippen LogP contribution in [0.5, 0.6) is 0 Å². The molecular weight excluding hydrogens is 210 g/mol. The topological polar surface area (TPSA) is 50.2 Å². The van der Waals surface area contributed by atoms with Gasteiger partial charge in [-0.2, -0.15) is 0 Å². The number of nitrogens with zero attached hydrogens (tertiary/aromatic N) is 1. The summed E-state index contributed by atoms with van der Waals surface area (Å²) in [7, 11) is 0. The molecule has 1 heterocycles. The van der Waals surface area contributed by atoms with E-state index in [1.165, 1.54) is 43.4 Å². The molecule has 0 unspecified atom stereocenters. The summed E-state index contributed by atoms with van der Waals surface area (Å²) in [4.78, 5) is 14.9. The molecule has 1 fully saturated rings. The highest BCUT2D eigenvalue weighted by Crippen LogP contribution is 2.33. The Morgan fingerprint density at radius 3 is 2.87 bits per heavy atom. The molecular formula is C11H15NO2S. The molecule has 0 atom stereocenters. The van der Waals surface area contributed by atoms with E-state index in [0.717, 1.165) is 10.7 Å². The lowest BCUT2D eigenvalue weighted by molar-refractivity contribution is -0.136. The smallest absolute Gasteiger partial charge is 0.310 e. The van der Waals surface area contributed by atoms with Gasteiger partial charge in [0.1, 0.15) is 5.01 Å². The van der Waals surface area contributed by atoms with E-state index in [2.05, 4.69) is 4.98 Å². The average molecular weight is 225 g/mol. The fourth-order valence-corrected chi connectivity index (χ4v) is 2.99. The van der Waals surface area contributed by atoms with Crippen molar-refractivity contribution in [2.45, 2.75) is 44.4 Å². The number of carbonyl (C=O) groups is 1. The number of hydrogen-bond donors (Lipinski definition) is 1. The monoisotopic (exact) mass is 225 g/mol. The summed E-state index contributed by atoms with van der Waals surface area (Å²) >= 11 is 1.48. The summed E-state index contributed by atoms with van der Waals surface area (Å²) in [6.07, 6.45) is 6.42. The largest absolute Gasteiger partial charge is 0.481 e. The summed E-state index contributed by atoms with van der Waals surface area (Å²) in [5, 5.41) is 11.4. The normalized spacial score (nSPS) is 17.9. The molecule has 1 N–H and O–H groups in total. The molecule has 0 bridgehead atoms. The molecule has 3 nitrogen and oxygen atoms in total. The van der Waals surface area contributed by atoms with E-state index in [9.17, 15) is 4.79 Å². The maximum Gasteiger partial charge on any atom is 0.310 e. The van der Waals surface area contributed by atoms with Gasteiger partial charge in [-0.15, -0.1) is 11.3 Å². The van der Waals surface area contributed by atoms with Gasteiger partial charge in [0.05, 0.1) is 12.1 Å². The van der Waals surface area contributed by atoms with E-state index in [1.54, 1.807) is 0 Å². The molecule has 1 aliphatic carbocycles. The second-order valence-electron chi connectivity index (χ2n) is 4.07. The molecule has 1 aliphatic rings. The van der Waals surface area contributed by atoms with Gasteiger partial charge >= 0.3 is 5.97 Å². The highest BCUT2D eigenvalue weighted by Gasteiger charge is 2.18. The van der Waals surface area contributed by atoms with Gasteiger partial charge in [0.2, 0.25) is 0 Å². The van der Waals surface area contributed by atoms with Crippen LogP contribution in [-0.2, 0) is 11.2 Å². The first-order valence-corrected chi connectivity index (χ1v) is 6.30. The van der Waals surface area contributed by atoms with E-state index in [0.29, 0.717) is 5.92 Å². The maximum atomic E-state index is 10.5. The van der Waals surface area contributed by atoms with E-state index >= 15 is 0 Å². The van der Waals surface area contributed by atoms with Gasteiger partial charge in [0, 0.05) is 11.3 Å². The Labute approximate surface area is 93.2 Å². The lowest BCUT2D eigenvalue weighted by Gasteiger charge is -2.19. The molecule has 15 heavy (non-hydrogen) atoms. The van der Waals surface area contributed by atoms with Gasteiger partial charge in [-0.3, -0.25) is 4.79 Å². The lowest BCUT2D eigenvalue weighted by Crippen LogP contribution is -2.05. The number of thiazole rings is 1. The SMILES string of the molecule is O=C(O)Cc1nc(C2CCCCC2)cs1. The third-order valence-corrected chi connectivity index (χ3v) is 3.76. The van der Waals surface area contributed by atoms with Gasteiger partial charge in [-0.1, -0.05) is 19.3 Å². The second kappa shape index (κ2) is 4.75. The average Bonchev–Trinajstić information content (AvgIpc) is 2.67. The van der Waals surface area contributed by atoms with E-state index in [4.69, 9.17) is 5.11 Å². The van der Waals surface area contributed by atoms with Gasteiger partial charge in [-0.05, 0) is 12.8 Å². The van der Waals surface area contributed by atoms with Crippen molar-refractivity contribution >= 4 is 17.3 Å². The van der Waals surface area contributed by atoms with Crippen LogP contribution in [0.25, 0.3) is 0 Å².